The SMILES string of the molecule is CC1(C)C2=[N+](CCCCCCCCCCCCN3/C(=C/C=C/C=C/2)C(C)(C)c2c3ccc3ccccc23)c2ccc3ccccc3c21.[Br-]. The summed E-state index contributed by atoms with van der Waals surface area (Å²) in [6, 6.07) is 27.3. The number of hydrogen-bond acceptors (Lipinski definition) is 1. The van der Waals surface area contributed by atoms with Crippen molar-refractivity contribution >= 4 is 38.6 Å². The van der Waals surface area contributed by atoms with E-state index in [4.69, 9.17) is 0 Å². The molecule has 7 rings (SSSR count). The lowest BCUT2D eigenvalue weighted by atomic mass is 9.79. The van der Waals surface area contributed by atoms with Gasteiger partial charge in [-0.1, -0.05) is 132 Å². The van der Waals surface area contributed by atoms with E-state index in [-0.39, 0.29) is 27.8 Å². The van der Waals surface area contributed by atoms with Crippen LogP contribution in [-0.2, 0) is 10.8 Å². The Morgan fingerprint density at radius 3 is 1.83 bits per heavy atom. The van der Waals surface area contributed by atoms with E-state index in [0.29, 0.717) is 0 Å². The van der Waals surface area contributed by atoms with Crippen LogP contribution in [0.2, 0.25) is 0 Å². The number of nitrogens with zero attached hydrogens (tertiary/aromatic N) is 2. The first kappa shape index (κ1) is 34.4. The zero-order valence-electron chi connectivity index (χ0n) is 29.6. The van der Waals surface area contributed by atoms with Crippen LogP contribution in [0.1, 0.15) is 103 Å². The highest BCUT2D eigenvalue weighted by Gasteiger charge is 2.45. The van der Waals surface area contributed by atoms with Crippen molar-refractivity contribution in [2.75, 3.05) is 18.0 Å². The van der Waals surface area contributed by atoms with Gasteiger partial charge in [-0.25, -0.2) is 0 Å². The molecule has 0 radical (unpaired) electrons. The van der Waals surface area contributed by atoms with Crippen LogP contribution in [0.5, 0.6) is 0 Å². The number of anilines is 1. The van der Waals surface area contributed by atoms with Gasteiger partial charge in [-0.15, -0.1) is 0 Å². The summed E-state index contributed by atoms with van der Waals surface area (Å²) in [7, 11) is 0. The highest BCUT2D eigenvalue weighted by atomic mass is 79.9. The van der Waals surface area contributed by atoms with Gasteiger partial charge in [0.1, 0.15) is 6.54 Å². The molecule has 250 valence electrons. The fraction of sp³-hybridized carbons (Fsp3) is 0.400. The molecule has 0 aliphatic carbocycles. The fourth-order valence-electron chi connectivity index (χ4n) is 8.86. The molecule has 4 aromatic rings. The average molecular weight is 702 g/mol. The quantitative estimate of drug-likeness (QED) is 0.166. The molecule has 0 spiro atoms. The maximum absolute atomic E-state index is 2.64. The molecule has 0 saturated heterocycles. The predicted molar refractivity (Wildman–Crippen MR) is 204 cm³/mol. The molecule has 2 nitrogen and oxygen atoms in total. The van der Waals surface area contributed by atoms with Crippen LogP contribution in [0.4, 0.5) is 11.4 Å². The Hall–Kier alpha value is -3.43. The van der Waals surface area contributed by atoms with E-state index >= 15 is 0 Å². The largest absolute Gasteiger partial charge is 1.00 e. The van der Waals surface area contributed by atoms with E-state index in [1.807, 2.05) is 0 Å². The Labute approximate surface area is 299 Å². The standard InChI is InChI=1S/C45H53N2.BrH/c1-44(2)40-26-14-13-15-27-41-45(3,4)43-37-25-19-17-23-35(37)29-31-39(43)47(41)33-21-12-10-8-6-5-7-9-11-20-32-46(40)38-30-28-34-22-16-18-24-36(34)42(38)44;/h13-19,22-31H,5-12,20-21,32-33H2,1-4H3;1H/q+1;/p-1. The van der Waals surface area contributed by atoms with Gasteiger partial charge in [0.25, 0.3) is 0 Å². The lowest BCUT2D eigenvalue weighted by Gasteiger charge is -2.27. The third kappa shape index (κ3) is 6.36. The summed E-state index contributed by atoms with van der Waals surface area (Å²) in [5.74, 6) is 0. The number of benzene rings is 4. The first-order chi connectivity index (χ1) is 22.9. The zero-order chi connectivity index (χ0) is 32.4. The summed E-state index contributed by atoms with van der Waals surface area (Å²) in [5.41, 5.74) is 8.43. The van der Waals surface area contributed by atoms with Gasteiger partial charge in [0, 0.05) is 47.5 Å². The molecule has 3 aliphatic heterocycles. The van der Waals surface area contributed by atoms with E-state index in [9.17, 15) is 0 Å². The van der Waals surface area contributed by atoms with Crippen molar-refractivity contribution in [3.63, 3.8) is 0 Å². The van der Waals surface area contributed by atoms with E-state index < -0.39 is 0 Å². The van der Waals surface area contributed by atoms with Crippen LogP contribution >= 0.6 is 0 Å². The first-order valence-corrected chi connectivity index (χ1v) is 18.4. The Morgan fingerprint density at radius 1 is 0.562 bits per heavy atom. The second-order valence-corrected chi connectivity index (χ2v) is 15.1. The molecule has 48 heavy (non-hydrogen) atoms. The number of hydrogen-bond donors (Lipinski definition) is 0. The Bertz CT molecular complexity index is 1900. The molecule has 0 unspecified atom stereocenters. The molecule has 0 saturated carbocycles. The lowest BCUT2D eigenvalue weighted by Crippen LogP contribution is -3.00. The highest BCUT2D eigenvalue weighted by molar-refractivity contribution is 6.07. The van der Waals surface area contributed by atoms with Crippen LogP contribution in [-0.4, -0.2) is 23.4 Å². The molecule has 4 aromatic carbocycles. The van der Waals surface area contributed by atoms with Gasteiger partial charge in [-0.2, -0.15) is 4.58 Å². The topological polar surface area (TPSA) is 6.25 Å². The van der Waals surface area contributed by atoms with E-state index in [2.05, 4.69) is 140 Å². The normalized spacial score (nSPS) is 22.3. The molecule has 0 amide bonds. The maximum atomic E-state index is 2.64. The van der Waals surface area contributed by atoms with Gasteiger partial charge >= 0.3 is 0 Å². The molecule has 0 N–H and O–H groups in total. The second-order valence-electron chi connectivity index (χ2n) is 15.1. The van der Waals surface area contributed by atoms with Gasteiger partial charge in [0.15, 0.2) is 5.71 Å². The van der Waals surface area contributed by atoms with Crippen molar-refractivity contribution < 1.29 is 21.6 Å². The summed E-state index contributed by atoms with van der Waals surface area (Å²) in [6.07, 6.45) is 24.9. The number of fused-ring (bicyclic) bond motifs is 9. The van der Waals surface area contributed by atoms with E-state index in [1.165, 1.54) is 120 Å². The van der Waals surface area contributed by atoms with Gasteiger partial charge < -0.3 is 21.9 Å². The number of halogens is 1. The molecule has 0 bridgehead atoms. The summed E-state index contributed by atoms with van der Waals surface area (Å²) < 4.78 is 2.64. The monoisotopic (exact) mass is 700 g/mol. The van der Waals surface area contributed by atoms with Crippen molar-refractivity contribution in [1.82, 2.24) is 0 Å². The molecule has 0 atom stereocenters. The Kier molecular flexibility index (Phi) is 10.5. The van der Waals surface area contributed by atoms with Gasteiger partial charge in [-0.05, 0) is 72.0 Å². The predicted octanol–water partition coefficient (Wildman–Crippen LogP) is 9.08. The van der Waals surface area contributed by atoms with Gasteiger partial charge in [-0.3, -0.25) is 0 Å². The minimum Gasteiger partial charge on any atom is -1.00 e. The first-order valence-electron chi connectivity index (χ1n) is 18.4. The molecule has 3 aliphatic rings. The van der Waals surface area contributed by atoms with Crippen molar-refractivity contribution in [2.45, 2.75) is 103 Å². The van der Waals surface area contributed by atoms with Crippen LogP contribution in [0, 0.1) is 0 Å². The van der Waals surface area contributed by atoms with E-state index in [0.717, 1.165) is 13.1 Å². The molecule has 0 aromatic heterocycles. The Morgan fingerprint density at radius 2 is 1.15 bits per heavy atom. The Balaban J connectivity index is 0.00000401. The third-order valence-electron chi connectivity index (χ3n) is 11.3. The molecule has 3 heterocycles. The fourth-order valence-corrected chi connectivity index (χ4v) is 8.86. The summed E-state index contributed by atoms with van der Waals surface area (Å²) in [4.78, 5) is 2.64. The molecular weight excluding hydrogens is 648 g/mol. The van der Waals surface area contributed by atoms with Gasteiger partial charge in [0.2, 0.25) is 5.69 Å². The van der Waals surface area contributed by atoms with Crippen molar-refractivity contribution in [2.24, 2.45) is 0 Å². The summed E-state index contributed by atoms with van der Waals surface area (Å²) in [5, 5.41) is 5.45. The third-order valence-corrected chi connectivity index (χ3v) is 11.3. The molecule has 3 heteroatoms. The second kappa shape index (κ2) is 14.6. The minimum absolute atomic E-state index is 0. The van der Waals surface area contributed by atoms with Crippen molar-refractivity contribution in [3.8, 4) is 0 Å². The smallest absolute Gasteiger partial charge is 0.210 e. The summed E-state index contributed by atoms with van der Waals surface area (Å²) >= 11 is 0. The van der Waals surface area contributed by atoms with Crippen LogP contribution in [0.25, 0.3) is 21.5 Å². The van der Waals surface area contributed by atoms with Crippen LogP contribution < -0.4 is 21.9 Å². The lowest BCUT2D eigenvalue weighted by molar-refractivity contribution is -0.438. The van der Waals surface area contributed by atoms with E-state index in [1.54, 1.807) is 0 Å². The highest BCUT2D eigenvalue weighted by Crippen LogP contribution is 2.51. The number of allylic oxidation sites excluding steroid dienone is 6. The molecule has 0 fully saturated rings. The van der Waals surface area contributed by atoms with Gasteiger partial charge in [0.05, 0.1) is 5.41 Å². The number of rotatable bonds is 0. The van der Waals surface area contributed by atoms with Crippen LogP contribution in [0.3, 0.4) is 0 Å². The zero-order valence-corrected chi connectivity index (χ0v) is 31.2. The summed E-state index contributed by atoms with van der Waals surface area (Å²) in [6.45, 7) is 11.9. The van der Waals surface area contributed by atoms with Crippen molar-refractivity contribution in [1.29, 1.82) is 0 Å². The average Bonchev–Trinajstić information content (AvgIpc) is 3.43. The van der Waals surface area contributed by atoms with Crippen molar-refractivity contribution in [3.05, 3.63) is 120 Å². The van der Waals surface area contributed by atoms with Crippen LogP contribution in [0.15, 0.2) is 109 Å². The molecular formula is C45H53BrN2. The maximum Gasteiger partial charge on any atom is 0.210 e. The minimum atomic E-state index is -0.0683.